The smallest absolute Gasteiger partial charge is 0.231 e. The maximum Gasteiger partial charge on any atom is 0.231 e. The van der Waals surface area contributed by atoms with E-state index in [2.05, 4.69) is 51.0 Å². The van der Waals surface area contributed by atoms with Crippen molar-refractivity contribution in [2.45, 2.75) is 39.3 Å². The fourth-order valence-electron chi connectivity index (χ4n) is 4.72. The molecule has 31 heavy (non-hydrogen) atoms. The van der Waals surface area contributed by atoms with E-state index in [1.807, 2.05) is 13.1 Å². The van der Waals surface area contributed by atoms with Gasteiger partial charge in [0.25, 0.3) is 0 Å². The summed E-state index contributed by atoms with van der Waals surface area (Å²) in [4.78, 5) is 12.1. The Morgan fingerprint density at radius 3 is 2.65 bits per heavy atom. The van der Waals surface area contributed by atoms with Gasteiger partial charge >= 0.3 is 0 Å². The first-order chi connectivity index (χ1) is 14.6. The highest BCUT2D eigenvalue weighted by atomic mass is 127. The van der Waals surface area contributed by atoms with E-state index in [1.165, 1.54) is 31.5 Å². The molecule has 0 spiro atoms. The van der Waals surface area contributed by atoms with Gasteiger partial charge in [-0.05, 0) is 56.8 Å². The summed E-state index contributed by atoms with van der Waals surface area (Å²) in [6, 6.07) is 6.92. The van der Waals surface area contributed by atoms with Crippen molar-refractivity contribution in [3.05, 3.63) is 23.8 Å². The van der Waals surface area contributed by atoms with Crippen LogP contribution in [0.15, 0.2) is 23.2 Å². The van der Waals surface area contributed by atoms with Crippen molar-refractivity contribution in [1.82, 2.24) is 20.0 Å². The number of ether oxygens (including phenoxy) is 2. The summed E-state index contributed by atoms with van der Waals surface area (Å²) in [6.45, 7) is 13.4. The number of nitrogens with one attached hydrogen (secondary N) is 1. The van der Waals surface area contributed by atoms with E-state index in [1.54, 1.807) is 0 Å². The average Bonchev–Trinajstić information content (AvgIpc) is 3.23. The number of nitrogens with zero attached hydrogens (tertiary/aromatic N) is 4. The second kappa shape index (κ2) is 11.6. The SMILES string of the molecule is CN=C(NCC1CCCN(C(C)C)C1)N1CCN(Cc2ccc3c(c2)OCO3)CC1.I. The van der Waals surface area contributed by atoms with Crippen molar-refractivity contribution in [3.63, 3.8) is 0 Å². The number of benzene rings is 1. The first-order valence-corrected chi connectivity index (χ1v) is 11.4. The van der Waals surface area contributed by atoms with Gasteiger partial charge in [-0.1, -0.05) is 6.07 Å². The molecule has 0 aromatic heterocycles. The monoisotopic (exact) mass is 543 g/mol. The van der Waals surface area contributed by atoms with Gasteiger partial charge in [-0.25, -0.2) is 0 Å². The lowest BCUT2D eigenvalue weighted by Gasteiger charge is -2.38. The molecule has 0 radical (unpaired) electrons. The molecule has 1 unspecified atom stereocenters. The Kier molecular flexibility index (Phi) is 9.09. The molecule has 1 atom stereocenters. The van der Waals surface area contributed by atoms with Crippen LogP contribution in [0.1, 0.15) is 32.3 Å². The second-order valence-corrected chi connectivity index (χ2v) is 8.98. The van der Waals surface area contributed by atoms with Gasteiger partial charge in [-0.2, -0.15) is 0 Å². The highest BCUT2D eigenvalue weighted by Crippen LogP contribution is 2.32. The minimum absolute atomic E-state index is 0. The number of guanidine groups is 1. The molecular formula is C23H38IN5O2. The van der Waals surface area contributed by atoms with Crippen LogP contribution in [0, 0.1) is 5.92 Å². The largest absolute Gasteiger partial charge is 0.454 e. The molecule has 174 valence electrons. The summed E-state index contributed by atoms with van der Waals surface area (Å²) in [7, 11) is 1.91. The minimum atomic E-state index is 0. The Bertz CT molecular complexity index is 737. The van der Waals surface area contributed by atoms with Crippen molar-refractivity contribution in [3.8, 4) is 11.5 Å². The number of halogens is 1. The van der Waals surface area contributed by atoms with Crippen molar-refractivity contribution >= 4 is 29.9 Å². The molecule has 0 bridgehead atoms. The van der Waals surface area contributed by atoms with Crippen molar-refractivity contribution in [2.75, 3.05) is 59.7 Å². The van der Waals surface area contributed by atoms with Crippen LogP contribution >= 0.6 is 24.0 Å². The maximum absolute atomic E-state index is 5.51. The van der Waals surface area contributed by atoms with Crippen LogP contribution in [0.4, 0.5) is 0 Å². The third-order valence-corrected chi connectivity index (χ3v) is 6.56. The predicted molar refractivity (Wildman–Crippen MR) is 136 cm³/mol. The van der Waals surface area contributed by atoms with Crippen LogP contribution in [-0.4, -0.2) is 86.4 Å². The summed E-state index contributed by atoms with van der Waals surface area (Å²) in [5, 5.41) is 3.66. The lowest BCUT2D eigenvalue weighted by Crippen LogP contribution is -2.53. The molecule has 2 saturated heterocycles. The van der Waals surface area contributed by atoms with Crippen LogP contribution in [0.25, 0.3) is 0 Å². The normalized spacial score (nSPS) is 22.5. The molecule has 4 rings (SSSR count). The van der Waals surface area contributed by atoms with Crippen LogP contribution in [0.2, 0.25) is 0 Å². The predicted octanol–water partition coefficient (Wildman–Crippen LogP) is 2.85. The third kappa shape index (κ3) is 6.38. The number of likely N-dealkylation sites (tertiary alicyclic amines) is 1. The molecule has 0 aliphatic carbocycles. The molecular weight excluding hydrogens is 505 g/mol. The number of piperidine rings is 1. The number of rotatable bonds is 5. The number of hydrogen-bond donors (Lipinski definition) is 1. The van der Waals surface area contributed by atoms with E-state index in [-0.39, 0.29) is 24.0 Å². The van der Waals surface area contributed by atoms with E-state index in [9.17, 15) is 0 Å². The van der Waals surface area contributed by atoms with Gasteiger partial charge in [-0.15, -0.1) is 24.0 Å². The molecule has 3 heterocycles. The minimum Gasteiger partial charge on any atom is -0.454 e. The summed E-state index contributed by atoms with van der Waals surface area (Å²) in [6.07, 6.45) is 2.62. The fraction of sp³-hybridized carbons (Fsp3) is 0.696. The van der Waals surface area contributed by atoms with E-state index < -0.39 is 0 Å². The van der Waals surface area contributed by atoms with Crippen molar-refractivity contribution in [1.29, 1.82) is 0 Å². The summed E-state index contributed by atoms with van der Waals surface area (Å²) in [5.41, 5.74) is 1.28. The van der Waals surface area contributed by atoms with Crippen LogP contribution in [0.5, 0.6) is 11.5 Å². The molecule has 1 N–H and O–H groups in total. The van der Waals surface area contributed by atoms with E-state index in [0.717, 1.165) is 56.7 Å². The third-order valence-electron chi connectivity index (χ3n) is 6.56. The molecule has 0 amide bonds. The van der Waals surface area contributed by atoms with Gasteiger partial charge in [0.2, 0.25) is 6.79 Å². The number of piperazine rings is 1. The lowest BCUT2D eigenvalue weighted by molar-refractivity contribution is 0.139. The Morgan fingerprint density at radius 2 is 1.90 bits per heavy atom. The molecule has 7 nitrogen and oxygen atoms in total. The Balaban J connectivity index is 0.00000272. The highest BCUT2D eigenvalue weighted by molar-refractivity contribution is 14.0. The van der Waals surface area contributed by atoms with Gasteiger partial charge in [0.1, 0.15) is 0 Å². The molecule has 0 saturated carbocycles. The molecule has 2 fully saturated rings. The first-order valence-electron chi connectivity index (χ1n) is 11.4. The second-order valence-electron chi connectivity index (χ2n) is 8.98. The Hall–Kier alpha value is -1.26. The van der Waals surface area contributed by atoms with Crippen molar-refractivity contribution in [2.24, 2.45) is 10.9 Å². The zero-order valence-electron chi connectivity index (χ0n) is 19.2. The average molecular weight is 543 g/mol. The fourth-order valence-corrected chi connectivity index (χ4v) is 4.72. The van der Waals surface area contributed by atoms with E-state index >= 15 is 0 Å². The van der Waals surface area contributed by atoms with Gasteiger partial charge in [0.15, 0.2) is 17.5 Å². The molecule has 1 aromatic rings. The van der Waals surface area contributed by atoms with Gasteiger partial charge in [0.05, 0.1) is 0 Å². The lowest BCUT2D eigenvalue weighted by atomic mass is 9.97. The zero-order chi connectivity index (χ0) is 20.9. The molecule has 3 aliphatic rings. The quantitative estimate of drug-likeness (QED) is 0.351. The van der Waals surface area contributed by atoms with Crippen LogP contribution in [0.3, 0.4) is 0 Å². The molecule has 8 heteroatoms. The summed E-state index contributed by atoms with van der Waals surface area (Å²) >= 11 is 0. The Labute approximate surface area is 204 Å². The van der Waals surface area contributed by atoms with Crippen LogP contribution < -0.4 is 14.8 Å². The van der Waals surface area contributed by atoms with Crippen LogP contribution in [-0.2, 0) is 6.54 Å². The molecule has 3 aliphatic heterocycles. The van der Waals surface area contributed by atoms with Gasteiger partial charge in [0, 0.05) is 58.9 Å². The highest BCUT2D eigenvalue weighted by Gasteiger charge is 2.24. The van der Waals surface area contributed by atoms with E-state index in [0.29, 0.717) is 18.8 Å². The number of hydrogen-bond acceptors (Lipinski definition) is 5. The topological polar surface area (TPSA) is 52.6 Å². The molecule has 1 aromatic carbocycles. The Morgan fingerprint density at radius 1 is 1.13 bits per heavy atom. The number of aliphatic imine (C=N–C) groups is 1. The van der Waals surface area contributed by atoms with E-state index in [4.69, 9.17) is 9.47 Å². The maximum atomic E-state index is 5.51. The zero-order valence-corrected chi connectivity index (χ0v) is 21.5. The van der Waals surface area contributed by atoms with Gasteiger partial charge < -0.3 is 24.6 Å². The van der Waals surface area contributed by atoms with Crippen molar-refractivity contribution < 1.29 is 9.47 Å². The summed E-state index contributed by atoms with van der Waals surface area (Å²) < 4.78 is 10.9. The van der Waals surface area contributed by atoms with Gasteiger partial charge in [-0.3, -0.25) is 9.89 Å². The first kappa shape index (κ1) is 24.4. The standard InChI is InChI=1S/C23H37N5O2.HI/c1-18(2)28-8-4-5-20(16-28)14-25-23(24-3)27-11-9-26(10-12-27)15-19-6-7-21-22(13-19)30-17-29-21;/h6-7,13,18,20H,4-5,8-12,14-17H2,1-3H3,(H,24,25);1H. The number of fused-ring (bicyclic) bond motifs is 1. The summed E-state index contributed by atoms with van der Waals surface area (Å²) in [5.74, 6) is 3.49.